The summed E-state index contributed by atoms with van der Waals surface area (Å²) in [4.78, 5) is 15.3. The summed E-state index contributed by atoms with van der Waals surface area (Å²) in [5, 5.41) is 7.72. The van der Waals surface area contributed by atoms with Crippen molar-refractivity contribution < 1.29 is 4.79 Å². The van der Waals surface area contributed by atoms with Crippen molar-refractivity contribution in [1.82, 2.24) is 19.9 Å². The van der Waals surface area contributed by atoms with Crippen LogP contribution in [0.25, 0.3) is 16.9 Å². The van der Waals surface area contributed by atoms with E-state index in [2.05, 4.69) is 39.7 Å². The minimum Gasteiger partial charge on any atom is -0.317 e. The number of benzene rings is 1. The first-order chi connectivity index (χ1) is 11.3. The molecular weight excluding hydrogens is 288 g/mol. The van der Waals surface area contributed by atoms with Crippen LogP contribution in [0.15, 0.2) is 42.6 Å². The molecule has 2 aromatic heterocycles. The smallest absolute Gasteiger partial charge is 0.170 e. The highest BCUT2D eigenvalue weighted by Gasteiger charge is 2.15. The predicted molar refractivity (Wildman–Crippen MR) is 88.7 cm³/mol. The number of rotatable bonds is 3. The maximum absolute atomic E-state index is 10.9. The van der Waals surface area contributed by atoms with Gasteiger partial charge in [-0.1, -0.05) is 24.3 Å². The standard InChI is InChI=1S/C18H18N4O/c23-12-16-5-6-18-20-11-17(22(18)21-16)15-3-1-13(2-4-15)14-7-9-19-10-8-14/h1-6,11-12,14,19H,7-10H2. The number of carbonyl (C=O) groups excluding carboxylic acids is 1. The van der Waals surface area contributed by atoms with Crippen LogP contribution in [0.4, 0.5) is 0 Å². The third-order valence-electron chi connectivity index (χ3n) is 4.52. The van der Waals surface area contributed by atoms with Gasteiger partial charge in [-0.3, -0.25) is 4.79 Å². The van der Waals surface area contributed by atoms with E-state index in [1.807, 2.05) is 6.07 Å². The highest BCUT2D eigenvalue weighted by Crippen LogP contribution is 2.28. The number of aldehydes is 1. The van der Waals surface area contributed by atoms with Crippen LogP contribution in [-0.2, 0) is 0 Å². The predicted octanol–water partition coefficient (Wildman–Crippen LogP) is 2.68. The first-order valence-electron chi connectivity index (χ1n) is 7.96. The van der Waals surface area contributed by atoms with E-state index >= 15 is 0 Å². The van der Waals surface area contributed by atoms with Crippen molar-refractivity contribution in [3.63, 3.8) is 0 Å². The fraction of sp³-hybridized carbons (Fsp3) is 0.278. The van der Waals surface area contributed by atoms with Crippen LogP contribution in [-0.4, -0.2) is 34.0 Å². The lowest BCUT2D eigenvalue weighted by molar-refractivity contribution is 0.111. The number of hydrogen-bond acceptors (Lipinski definition) is 4. The Morgan fingerprint density at radius 3 is 2.61 bits per heavy atom. The minimum absolute atomic E-state index is 0.406. The van der Waals surface area contributed by atoms with Crippen LogP contribution in [0.5, 0.6) is 0 Å². The van der Waals surface area contributed by atoms with E-state index in [0.29, 0.717) is 11.6 Å². The van der Waals surface area contributed by atoms with Crippen molar-refractivity contribution in [2.45, 2.75) is 18.8 Å². The molecule has 5 nitrogen and oxygen atoms in total. The lowest BCUT2D eigenvalue weighted by Crippen LogP contribution is -2.26. The number of aromatic nitrogens is 3. The normalized spacial score (nSPS) is 15.8. The second-order valence-electron chi connectivity index (χ2n) is 5.94. The van der Waals surface area contributed by atoms with E-state index in [-0.39, 0.29) is 0 Å². The van der Waals surface area contributed by atoms with E-state index in [1.54, 1.807) is 16.8 Å². The van der Waals surface area contributed by atoms with Gasteiger partial charge in [0.05, 0.1) is 11.9 Å². The maximum atomic E-state index is 10.9. The Kier molecular flexibility index (Phi) is 3.63. The lowest BCUT2D eigenvalue weighted by atomic mass is 9.89. The van der Waals surface area contributed by atoms with Crippen molar-refractivity contribution in [2.24, 2.45) is 0 Å². The molecule has 1 N–H and O–H groups in total. The second-order valence-corrected chi connectivity index (χ2v) is 5.94. The molecule has 0 spiro atoms. The number of nitrogens with one attached hydrogen (secondary N) is 1. The van der Waals surface area contributed by atoms with E-state index in [0.717, 1.165) is 36.3 Å². The first kappa shape index (κ1) is 14.1. The van der Waals surface area contributed by atoms with Gasteiger partial charge in [0.1, 0.15) is 5.69 Å². The van der Waals surface area contributed by atoms with E-state index in [1.165, 1.54) is 18.4 Å². The Bertz CT molecular complexity index is 832. The van der Waals surface area contributed by atoms with Crippen LogP contribution in [0, 0.1) is 0 Å². The molecule has 1 fully saturated rings. The zero-order valence-corrected chi connectivity index (χ0v) is 12.8. The van der Waals surface area contributed by atoms with Gasteiger partial charge >= 0.3 is 0 Å². The molecule has 3 heterocycles. The minimum atomic E-state index is 0.406. The van der Waals surface area contributed by atoms with Gasteiger partial charge < -0.3 is 5.32 Å². The number of hydrogen-bond donors (Lipinski definition) is 1. The van der Waals surface area contributed by atoms with Crippen molar-refractivity contribution >= 4 is 11.9 Å². The number of imidazole rings is 1. The number of nitrogens with zero attached hydrogens (tertiary/aromatic N) is 3. The van der Waals surface area contributed by atoms with E-state index in [9.17, 15) is 4.79 Å². The van der Waals surface area contributed by atoms with E-state index < -0.39 is 0 Å². The molecule has 5 heteroatoms. The molecule has 116 valence electrons. The van der Waals surface area contributed by atoms with Crippen molar-refractivity contribution in [1.29, 1.82) is 0 Å². The summed E-state index contributed by atoms with van der Waals surface area (Å²) in [6.45, 7) is 2.19. The Morgan fingerprint density at radius 2 is 1.87 bits per heavy atom. The number of piperidine rings is 1. The largest absolute Gasteiger partial charge is 0.317 e. The first-order valence-corrected chi connectivity index (χ1v) is 7.96. The fourth-order valence-electron chi connectivity index (χ4n) is 3.23. The highest BCUT2D eigenvalue weighted by molar-refractivity contribution is 5.72. The molecule has 0 amide bonds. The maximum Gasteiger partial charge on any atom is 0.170 e. The molecule has 3 aromatic rings. The van der Waals surface area contributed by atoms with Gasteiger partial charge in [0, 0.05) is 5.56 Å². The van der Waals surface area contributed by atoms with Gasteiger partial charge in [-0.05, 0) is 49.5 Å². The molecule has 0 unspecified atom stereocenters. The molecule has 0 atom stereocenters. The van der Waals surface area contributed by atoms with Crippen molar-refractivity contribution in [3.8, 4) is 11.3 Å². The molecule has 1 aliphatic heterocycles. The van der Waals surface area contributed by atoms with Crippen molar-refractivity contribution in [3.05, 3.63) is 53.9 Å². The van der Waals surface area contributed by atoms with Crippen molar-refractivity contribution in [2.75, 3.05) is 13.1 Å². The van der Waals surface area contributed by atoms with Gasteiger partial charge in [-0.25, -0.2) is 9.50 Å². The van der Waals surface area contributed by atoms with Crippen LogP contribution in [0.1, 0.15) is 34.8 Å². The molecule has 1 aromatic carbocycles. The molecule has 0 radical (unpaired) electrons. The SMILES string of the molecule is O=Cc1ccc2ncc(-c3ccc(C4CCNCC4)cc3)n2n1. The molecule has 0 bridgehead atoms. The average Bonchev–Trinajstić information content (AvgIpc) is 3.05. The monoisotopic (exact) mass is 306 g/mol. The van der Waals surface area contributed by atoms with Gasteiger partial charge in [0.25, 0.3) is 0 Å². The van der Waals surface area contributed by atoms with Crippen LogP contribution >= 0.6 is 0 Å². The summed E-state index contributed by atoms with van der Waals surface area (Å²) < 4.78 is 1.73. The van der Waals surface area contributed by atoms with Crippen LogP contribution in [0.2, 0.25) is 0 Å². The highest BCUT2D eigenvalue weighted by atomic mass is 16.1. The Hall–Kier alpha value is -2.53. The van der Waals surface area contributed by atoms with E-state index in [4.69, 9.17) is 0 Å². The Labute approximate surface area is 134 Å². The summed E-state index contributed by atoms with van der Waals surface area (Å²) in [5.41, 5.74) is 4.51. The number of fused-ring (bicyclic) bond motifs is 1. The van der Waals surface area contributed by atoms with Crippen LogP contribution < -0.4 is 5.32 Å². The molecular formula is C18H18N4O. The Morgan fingerprint density at radius 1 is 1.09 bits per heavy atom. The summed E-state index contributed by atoms with van der Waals surface area (Å²) in [7, 11) is 0. The fourth-order valence-corrected chi connectivity index (χ4v) is 3.23. The summed E-state index contributed by atoms with van der Waals surface area (Å²) in [5.74, 6) is 0.646. The Balaban J connectivity index is 1.69. The quantitative estimate of drug-likeness (QED) is 0.756. The topological polar surface area (TPSA) is 59.3 Å². The zero-order valence-electron chi connectivity index (χ0n) is 12.8. The second kappa shape index (κ2) is 5.93. The third-order valence-corrected chi connectivity index (χ3v) is 4.52. The summed E-state index contributed by atoms with van der Waals surface area (Å²) >= 11 is 0. The van der Waals surface area contributed by atoms with Crippen LogP contribution in [0.3, 0.4) is 0 Å². The zero-order chi connectivity index (χ0) is 15.6. The summed E-state index contributed by atoms with van der Waals surface area (Å²) in [6.07, 6.45) is 4.94. The third kappa shape index (κ3) is 2.64. The number of carbonyl (C=O) groups is 1. The molecule has 1 aliphatic rings. The van der Waals surface area contributed by atoms with Gasteiger partial charge in [0.15, 0.2) is 11.9 Å². The molecule has 0 saturated carbocycles. The average molecular weight is 306 g/mol. The lowest BCUT2D eigenvalue weighted by Gasteiger charge is -2.23. The van der Waals surface area contributed by atoms with Gasteiger partial charge in [-0.2, -0.15) is 5.10 Å². The molecule has 0 aliphatic carbocycles. The molecule has 1 saturated heterocycles. The van der Waals surface area contributed by atoms with Gasteiger partial charge in [0.2, 0.25) is 0 Å². The molecule has 23 heavy (non-hydrogen) atoms. The van der Waals surface area contributed by atoms with Gasteiger partial charge in [-0.15, -0.1) is 0 Å². The molecule has 4 rings (SSSR count). The summed E-state index contributed by atoms with van der Waals surface area (Å²) in [6, 6.07) is 12.1.